The Balaban J connectivity index is 1.96. The third-order valence-electron chi connectivity index (χ3n) is 4.37. The molecule has 1 atom stereocenters. The number of amides is 1. The fraction of sp³-hybridized carbons (Fsp3) is 0.500. The second-order valence-corrected chi connectivity index (χ2v) is 6.61. The Bertz CT molecular complexity index is 573. The minimum atomic E-state index is -0.0385. The molecule has 1 unspecified atom stereocenters. The molecule has 5 heteroatoms. The van der Waals surface area contributed by atoms with Gasteiger partial charge in [-0.05, 0) is 43.8 Å². The van der Waals surface area contributed by atoms with Crippen molar-refractivity contribution in [2.24, 2.45) is 0 Å². The van der Waals surface area contributed by atoms with Crippen LogP contribution >= 0.6 is 11.6 Å². The highest BCUT2D eigenvalue weighted by molar-refractivity contribution is 6.30. The van der Waals surface area contributed by atoms with Crippen LogP contribution in [0.15, 0.2) is 30.3 Å². The average Bonchev–Trinajstić information content (AvgIpc) is 2.53. The summed E-state index contributed by atoms with van der Waals surface area (Å²) in [6, 6.07) is 7.99. The van der Waals surface area contributed by atoms with Gasteiger partial charge in [-0.2, -0.15) is 0 Å². The molecule has 1 aliphatic heterocycles. The number of likely N-dealkylation sites (N-methyl/N-ethyl adjacent to an activating group) is 2. The molecule has 0 saturated carbocycles. The lowest BCUT2D eigenvalue weighted by Gasteiger charge is -2.37. The third-order valence-corrected chi connectivity index (χ3v) is 4.61. The number of benzene rings is 1. The standard InChI is InChI=1S/C18H26ClN3O/c1-4-14(15-6-5-7-16(19)10-15)11-18(23)20-12-17-13-21(2)8-9-22(17)3/h5-7,10-11,17H,4,8-9,12-13H2,1-3H3,(H,20,23)/b14-11+. The molecule has 0 spiro atoms. The van der Waals surface area contributed by atoms with Gasteiger partial charge in [-0.15, -0.1) is 0 Å². The van der Waals surface area contributed by atoms with Crippen LogP contribution in [-0.4, -0.2) is 62.0 Å². The lowest BCUT2D eigenvalue weighted by atomic mass is 10.0. The number of hydrogen-bond acceptors (Lipinski definition) is 3. The van der Waals surface area contributed by atoms with Crippen molar-refractivity contribution in [3.63, 3.8) is 0 Å². The van der Waals surface area contributed by atoms with Gasteiger partial charge in [0.1, 0.15) is 0 Å². The summed E-state index contributed by atoms with van der Waals surface area (Å²) in [5.74, 6) is -0.0385. The quantitative estimate of drug-likeness (QED) is 0.840. The molecule has 1 aromatic carbocycles. The van der Waals surface area contributed by atoms with Gasteiger partial charge in [0.25, 0.3) is 0 Å². The van der Waals surface area contributed by atoms with Crippen LogP contribution in [0.3, 0.4) is 0 Å². The summed E-state index contributed by atoms with van der Waals surface area (Å²) in [6.45, 7) is 5.81. The number of halogens is 1. The zero-order chi connectivity index (χ0) is 16.8. The summed E-state index contributed by atoms with van der Waals surface area (Å²) >= 11 is 6.04. The summed E-state index contributed by atoms with van der Waals surface area (Å²) in [6.07, 6.45) is 2.48. The van der Waals surface area contributed by atoms with Crippen LogP contribution in [0, 0.1) is 0 Å². The molecule has 1 N–H and O–H groups in total. The highest BCUT2D eigenvalue weighted by Gasteiger charge is 2.22. The number of hydrogen-bond donors (Lipinski definition) is 1. The van der Waals surface area contributed by atoms with E-state index in [2.05, 4.69) is 29.2 Å². The fourth-order valence-electron chi connectivity index (χ4n) is 2.83. The SMILES string of the molecule is CC/C(=C\C(=O)NCC1CN(C)CCN1C)c1cccc(Cl)c1. The zero-order valence-corrected chi connectivity index (χ0v) is 14.9. The van der Waals surface area contributed by atoms with Crippen molar-refractivity contribution in [2.45, 2.75) is 19.4 Å². The molecule has 1 amide bonds. The van der Waals surface area contributed by atoms with Crippen molar-refractivity contribution in [1.29, 1.82) is 0 Å². The highest BCUT2D eigenvalue weighted by atomic mass is 35.5. The third kappa shape index (κ3) is 5.34. The Morgan fingerprint density at radius 2 is 2.17 bits per heavy atom. The Labute approximate surface area is 144 Å². The molecule has 2 rings (SSSR count). The first-order valence-electron chi connectivity index (χ1n) is 8.12. The van der Waals surface area contributed by atoms with Crippen molar-refractivity contribution in [3.05, 3.63) is 40.9 Å². The van der Waals surface area contributed by atoms with Crippen LogP contribution in [0.2, 0.25) is 5.02 Å². The Morgan fingerprint density at radius 1 is 1.39 bits per heavy atom. The predicted molar refractivity (Wildman–Crippen MR) is 96.6 cm³/mol. The molecule has 0 aliphatic carbocycles. The maximum Gasteiger partial charge on any atom is 0.244 e. The number of carbonyl (C=O) groups is 1. The molecule has 1 aliphatic rings. The van der Waals surface area contributed by atoms with Crippen LogP contribution in [0.1, 0.15) is 18.9 Å². The maximum absolute atomic E-state index is 12.2. The smallest absolute Gasteiger partial charge is 0.244 e. The van der Waals surface area contributed by atoms with Gasteiger partial charge in [0.15, 0.2) is 0 Å². The number of rotatable bonds is 5. The van der Waals surface area contributed by atoms with E-state index < -0.39 is 0 Å². The van der Waals surface area contributed by atoms with Gasteiger partial charge in [-0.1, -0.05) is 30.7 Å². The van der Waals surface area contributed by atoms with E-state index in [0.717, 1.165) is 37.2 Å². The number of nitrogens with one attached hydrogen (secondary N) is 1. The maximum atomic E-state index is 12.2. The highest BCUT2D eigenvalue weighted by Crippen LogP contribution is 2.21. The monoisotopic (exact) mass is 335 g/mol. The lowest BCUT2D eigenvalue weighted by molar-refractivity contribution is -0.116. The van der Waals surface area contributed by atoms with Gasteiger partial charge < -0.3 is 10.2 Å². The van der Waals surface area contributed by atoms with E-state index in [1.807, 2.05) is 31.2 Å². The van der Waals surface area contributed by atoms with Crippen molar-refractivity contribution in [2.75, 3.05) is 40.3 Å². The van der Waals surface area contributed by atoms with Crippen LogP contribution in [0.4, 0.5) is 0 Å². The van der Waals surface area contributed by atoms with E-state index in [1.54, 1.807) is 6.08 Å². The molecule has 1 heterocycles. The molecule has 0 radical (unpaired) electrons. The van der Waals surface area contributed by atoms with Crippen molar-refractivity contribution < 1.29 is 4.79 Å². The van der Waals surface area contributed by atoms with Gasteiger partial charge in [-0.3, -0.25) is 9.69 Å². The van der Waals surface area contributed by atoms with E-state index in [4.69, 9.17) is 11.6 Å². The summed E-state index contributed by atoms with van der Waals surface area (Å²) in [5.41, 5.74) is 2.00. The molecular formula is C18H26ClN3O. The van der Waals surface area contributed by atoms with Gasteiger partial charge in [0, 0.05) is 43.3 Å². The Kier molecular flexibility index (Phi) is 6.63. The van der Waals surface area contributed by atoms with Crippen LogP contribution in [0.25, 0.3) is 5.57 Å². The average molecular weight is 336 g/mol. The number of carbonyl (C=O) groups excluding carboxylic acids is 1. The largest absolute Gasteiger partial charge is 0.351 e. The Hall–Kier alpha value is -1.36. The summed E-state index contributed by atoms with van der Waals surface area (Å²) < 4.78 is 0. The van der Waals surface area contributed by atoms with E-state index in [0.29, 0.717) is 17.6 Å². The van der Waals surface area contributed by atoms with Crippen LogP contribution in [-0.2, 0) is 4.79 Å². The van der Waals surface area contributed by atoms with E-state index in [1.165, 1.54) is 0 Å². The summed E-state index contributed by atoms with van der Waals surface area (Å²) in [4.78, 5) is 16.9. The lowest BCUT2D eigenvalue weighted by Crippen LogP contribution is -2.54. The van der Waals surface area contributed by atoms with Crippen molar-refractivity contribution in [1.82, 2.24) is 15.1 Å². The number of piperazine rings is 1. The molecular weight excluding hydrogens is 310 g/mol. The number of allylic oxidation sites excluding steroid dienone is 1. The molecule has 0 bridgehead atoms. The van der Waals surface area contributed by atoms with E-state index in [9.17, 15) is 4.79 Å². The van der Waals surface area contributed by atoms with E-state index in [-0.39, 0.29) is 5.91 Å². The first-order valence-corrected chi connectivity index (χ1v) is 8.50. The zero-order valence-electron chi connectivity index (χ0n) is 14.2. The summed E-state index contributed by atoms with van der Waals surface area (Å²) in [5, 5.41) is 3.72. The van der Waals surface area contributed by atoms with Gasteiger partial charge in [0.05, 0.1) is 0 Å². The molecule has 0 aromatic heterocycles. The first kappa shape index (κ1) is 18.0. The second-order valence-electron chi connectivity index (χ2n) is 6.18. The normalized spacial score (nSPS) is 20.5. The number of nitrogens with zero attached hydrogens (tertiary/aromatic N) is 2. The fourth-order valence-corrected chi connectivity index (χ4v) is 3.02. The molecule has 1 fully saturated rings. The second kappa shape index (κ2) is 8.48. The topological polar surface area (TPSA) is 35.6 Å². The van der Waals surface area contributed by atoms with Crippen molar-refractivity contribution >= 4 is 23.1 Å². The molecule has 126 valence electrons. The predicted octanol–water partition coefficient (Wildman–Crippen LogP) is 2.50. The first-order chi connectivity index (χ1) is 11.0. The summed E-state index contributed by atoms with van der Waals surface area (Å²) in [7, 11) is 4.24. The minimum Gasteiger partial charge on any atom is -0.351 e. The van der Waals surface area contributed by atoms with Crippen LogP contribution in [0.5, 0.6) is 0 Å². The molecule has 1 aromatic rings. The molecule has 23 heavy (non-hydrogen) atoms. The molecule has 1 saturated heterocycles. The van der Waals surface area contributed by atoms with Crippen molar-refractivity contribution in [3.8, 4) is 0 Å². The Morgan fingerprint density at radius 3 is 2.87 bits per heavy atom. The minimum absolute atomic E-state index is 0.0385. The van der Waals surface area contributed by atoms with E-state index >= 15 is 0 Å². The van der Waals surface area contributed by atoms with Crippen LogP contribution < -0.4 is 5.32 Å². The molecule has 4 nitrogen and oxygen atoms in total. The van der Waals surface area contributed by atoms with Gasteiger partial charge in [0.2, 0.25) is 5.91 Å². The van der Waals surface area contributed by atoms with Gasteiger partial charge in [-0.25, -0.2) is 0 Å². The van der Waals surface area contributed by atoms with Gasteiger partial charge >= 0.3 is 0 Å².